The number of rotatable bonds is 4. The maximum absolute atomic E-state index is 12.4. The molecule has 22 heavy (non-hydrogen) atoms. The highest BCUT2D eigenvalue weighted by Crippen LogP contribution is 2.02. The van der Waals surface area contributed by atoms with Crippen molar-refractivity contribution in [3.8, 4) is 5.69 Å². The molecule has 0 unspecified atom stereocenters. The molecule has 116 valence electrons. The topological polar surface area (TPSA) is 77.2 Å². The van der Waals surface area contributed by atoms with Gasteiger partial charge in [0.15, 0.2) is 0 Å². The van der Waals surface area contributed by atoms with Gasteiger partial charge in [-0.25, -0.2) is 4.79 Å². The smallest absolute Gasteiger partial charge is 0.340 e. The van der Waals surface area contributed by atoms with E-state index in [2.05, 4.69) is 5.10 Å². The van der Waals surface area contributed by atoms with Gasteiger partial charge in [-0.3, -0.25) is 14.2 Å². The number of para-hydroxylation sites is 1. The Labute approximate surface area is 127 Å². The first-order valence-electron chi connectivity index (χ1n) is 7.06. The summed E-state index contributed by atoms with van der Waals surface area (Å²) in [6.07, 6.45) is 0. The van der Waals surface area contributed by atoms with Crippen molar-refractivity contribution in [3.63, 3.8) is 0 Å². The van der Waals surface area contributed by atoms with E-state index in [1.54, 1.807) is 51.2 Å². The number of aromatic nitrogens is 3. The van der Waals surface area contributed by atoms with E-state index in [-0.39, 0.29) is 12.2 Å². The maximum Gasteiger partial charge on any atom is 0.352 e. The van der Waals surface area contributed by atoms with Crippen molar-refractivity contribution in [2.75, 3.05) is 13.6 Å². The maximum atomic E-state index is 12.4. The molecular formula is C15H18N4O3. The molecule has 2 rings (SSSR count). The van der Waals surface area contributed by atoms with Crippen LogP contribution in [0.3, 0.4) is 0 Å². The number of hydrogen-bond donors (Lipinski definition) is 0. The molecule has 7 heteroatoms. The number of amides is 1. The fourth-order valence-electron chi connectivity index (χ4n) is 1.99. The predicted octanol–water partition coefficient (Wildman–Crippen LogP) is 0.506. The van der Waals surface area contributed by atoms with Crippen LogP contribution in [0.15, 0.2) is 39.9 Å². The van der Waals surface area contributed by atoms with Crippen LogP contribution in [0.1, 0.15) is 24.3 Å². The normalized spacial score (nSPS) is 10.5. The Bertz CT molecular complexity index is 793. The van der Waals surface area contributed by atoms with Crippen LogP contribution in [-0.2, 0) is 6.54 Å². The second-order valence-electron chi connectivity index (χ2n) is 4.75. The van der Waals surface area contributed by atoms with Crippen LogP contribution in [0.4, 0.5) is 0 Å². The summed E-state index contributed by atoms with van der Waals surface area (Å²) in [5, 5.41) is 4.00. The highest BCUT2D eigenvalue weighted by atomic mass is 16.2. The Hall–Kier alpha value is -2.70. The van der Waals surface area contributed by atoms with Crippen LogP contribution in [0.25, 0.3) is 5.69 Å². The van der Waals surface area contributed by atoms with Crippen molar-refractivity contribution >= 4 is 5.91 Å². The van der Waals surface area contributed by atoms with Gasteiger partial charge in [0.1, 0.15) is 0 Å². The van der Waals surface area contributed by atoms with Crippen LogP contribution >= 0.6 is 0 Å². The monoisotopic (exact) mass is 302 g/mol. The third kappa shape index (κ3) is 2.69. The Balaban J connectivity index is 2.74. The first kappa shape index (κ1) is 15.7. The summed E-state index contributed by atoms with van der Waals surface area (Å²) in [5.41, 5.74) is -0.975. The van der Waals surface area contributed by atoms with E-state index >= 15 is 0 Å². The van der Waals surface area contributed by atoms with Gasteiger partial charge in [0.25, 0.3) is 11.5 Å². The van der Waals surface area contributed by atoms with Gasteiger partial charge < -0.3 is 4.90 Å². The molecule has 1 amide bonds. The van der Waals surface area contributed by atoms with Gasteiger partial charge in [0, 0.05) is 20.1 Å². The van der Waals surface area contributed by atoms with Gasteiger partial charge in [-0.1, -0.05) is 18.2 Å². The Morgan fingerprint density at radius 2 is 1.82 bits per heavy atom. The number of nitrogens with zero attached hydrogens (tertiary/aromatic N) is 4. The average Bonchev–Trinajstić information content (AvgIpc) is 2.55. The zero-order chi connectivity index (χ0) is 16.3. The largest absolute Gasteiger partial charge is 0.352 e. The minimum atomic E-state index is -0.662. The highest BCUT2D eigenvalue weighted by Gasteiger charge is 2.21. The fourth-order valence-corrected chi connectivity index (χ4v) is 1.99. The molecule has 1 heterocycles. The van der Waals surface area contributed by atoms with E-state index in [9.17, 15) is 14.4 Å². The molecule has 0 aliphatic heterocycles. The SMILES string of the molecule is CCN(C)C(=O)c1nn(-c2ccccc2)c(=O)n(CC)c1=O. The molecule has 0 fully saturated rings. The second kappa shape index (κ2) is 6.38. The molecule has 0 N–H and O–H groups in total. The van der Waals surface area contributed by atoms with Crippen LogP contribution in [-0.4, -0.2) is 38.7 Å². The molecule has 0 saturated heterocycles. The van der Waals surface area contributed by atoms with Crippen LogP contribution in [0.2, 0.25) is 0 Å². The standard InChI is InChI=1S/C15H18N4O3/c1-4-17(3)13(20)12-14(21)18(5-2)15(22)19(16-12)11-9-7-6-8-10-11/h6-10H,4-5H2,1-3H3. The van der Waals surface area contributed by atoms with Crippen molar-refractivity contribution < 1.29 is 4.79 Å². The lowest BCUT2D eigenvalue weighted by atomic mass is 10.3. The van der Waals surface area contributed by atoms with Crippen molar-refractivity contribution in [1.29, 1.82) is 0 Å². The van der Waals surface area contributed by atoms with E-state index < -0.39 is 17.2 Å². The van der Waals surface area contributed by atoms with E-state index in [1.807, 2.05) is 0 Å². The fraction of sp³-hybridized carbons (Fsp3) is 0.333. The van der Waals surface area contributed by atoms with Crippen molar-refractivity contribution in [1.82, 2.24) is 19.2 Å². The Morgan fingerprint density at radius 1 is 1.18 bits per heavy atom. The summed E-state index contributed by atoms with van der Waals surface area (Å²) >= 11 is 0. The lowest BCUT2D eigenvalue weighted by Gasteiger charge is -2.15. The van der Waals surface area contributed by atoms with Gasteiger partial charge in [0.05, 0.1) is 5.69 Å². The summed E-state index contributed by atoms with van der Waals surface area (Å²) in [7, 11) is 1.58. The molecule has 0 aliphatic rings. The van der Waals surface area contributed by atoms with Crippen molar-refractivity contribution in [2.45, 2.75) is 20.4 Å². The van der Waals surface area contributed by atoms with E-state index in [4.69, 9.17) is 0 Å². The molecule has 0 saturated carbocycles. The quantitative estimate of drug-likeness (QED) is 0.824. The second-order valence-corrected chi connectivity index (χ2v) is 4.75. The van der Waals surface area contributed by atoms with Gasteiger partial charge in [-0.05, 0) is 26.0 Å². The molecule has 0 spiro atoms. The van der Waals surface area contributed by atoms with E-state index in [1.165, 1.54) is 4.90 Å². The van der Waals surface area contributed by atoms with Crippen LogP contribution in [0, 0.1) is 0 Å². The molecule has 0 bridgehead atoms. The summed E-state index contributed by atoms with van der Waals surface area (Å²) in [4.78, 5) is 38.4. The molecule has 7 nitrogen and oxygen atoms in total. The number of carbonyl (C=O) groups excluding carboxylic acids is 1. The van der Waals surface area contributed by atoms with Gasteiger partial charge in [0.2, 0.25) is 5.69 Å². The number of benzene rings is 1. The lowest BCUT2D eigenvalue weighted by Crippen LogP contribution is -2.45. The first-order chi connectivity index (χ1) is 10.5. The number of hydrogen-bond acceptors (Lipinski definition) is 4. The minimum absolute atomic E-state index is 0.170. The van der Waals surface area contributed by atoms with Crippen LogP contribution in [0.5, 0.6) is 0 Å². The summed E-state index contributed by atoms with van der Waals surface area (Å²) in [6.45, 7) is 4.08. The predicted molar refractivity (Wildman–Crippen MR) is 82.4 cm³/mol. The average molecular weight is 302 g/mol. The zero-order valence-corrected chi connectivity index (χ0v) is 12.8. The molecule has 0 atom stereocenters. The van der Waals surface area contributed by atoms with Crippen LogP contribution < -0.4 is 11.2 Å². The molecular weight excluding hydrogens is 284 g/mol. The third-order valence-electron chi connectivity index (χ3n) is 3.40. The molecule has 2 aromatic rings. The molecule has 0 aliphatic carbocycles. The number of carbonyl (C=O) groups is 1. The zero-order valence-electron chi connectivity index (χ0n) is 12.8. The lowest BCUT2D eigenvalue weighted by molar-refractivity contribution is 0.0791. The van der Waals surface area contributed by atoms with Crippen molar-refractivity contribution in [3.05, 3.63) is 56.9 Å². The summed E-state index contributed by atoms with van der Waals surface area (Å²) in [6, 6.07) is 8.70. The minimum Gasteiger partial charge on any atom is -0.340 e. The van der Waals surface area contributed by atoms with Gasteiger partial charge in [-0.2, -0.15) is 9.78 Å². The van der Waals surface area contributed by atoms with E-state index in [0.717, 1.165) is 9.25 Å². The summed E-state index contributed by atoms with van der Waals surface area (Å²) < 4.78 is 2.10. The van der Waals surface area contributed by atoms with Gasteiger partial charge in [-0.15, -0.1) is 0 Å². The molecule has 1 aromatic carbocycles. The van der Waals surface area contributed by atoms with Crippen molar-refractivity contribution in [2.24, 2.45) is 0 Å². The van der Waals surface area contributed by atoms with E-state index in [0.29, 0.717) is 12.2 Å². The third-order valence-corrected chi connectivity index (χ3v) is 3.40. The molecule has 0 radical (unpaired) electrons. The molecule has 1 aromatic heterocycles. The first-order valence-corrected chi connectivity index (χ1v) is 7.06. The Kier molecular flexibility index (Phi) is 4.55. The van der Waals surface area contributed by atoms with Gasteiger partial charge >= 0.3 is 5.69 Å². The highest BCUT2D eigenvalue weighted by molar-refractivity contribution is 5.91. The summed E-state index contributed by atoms with van der Waals surface area (Å²) in [5.74, 6) is -0.501. The Morgan fingerprint density at radius 3 is 2.36 bits per heavy atom.